The molecule has 29 heavy (non-hydrogen) atoms. The lowest BCUT2D eigenvalue weighted by Crippen LogP contribution is -2.49. The molecular formula is C21H29N5O3. The molecule has 1 aliphatic rings. The number of aromatic nitrogens is 2. The summed E-state index contributed by atoms with van der Waals surface area (Å²) in [5.74, 6) is 0.468. The van der Waals surface area contributed by atoms with Gasteiger partial charge in [-0.1, -0.05) is 12.1 Å². The van der Waals surface area contributed by atoms with E-state index in [4.69, 9.17) is 4.74 Å². The molecule has 0 radical (unpaired) electrons. The van der Waals surface area contributed by atoms with Crippen LogP contribution in [0.1, 0.15) is 37.8 Å². The lowest BCUT2D eigenvalue weighted by molar-refractivity contribution is -0.128. The summed E-state index contributed by atoms with van der Waals surface area (Å²) in [6, 6.07) is 7.22. The van der Waals surface area contributed by atoms with Crippen LogP contribution in [0.3, 0.4) is 0 Å². The van der Waals surface area contributed by atoms with Crippen LogP contribution in [0.2, 0.25) is 0 Å². The Balaban J connectivity index is 1.78. The third-order valence-corrected chi connectivity index (χ3v) is 5.25. The normalized spacial score (nSPS) is 17.8. The maximum Gasteiger partial charge on any atom is 0.242 e. The minimum Gasteiger partial charge on any atom is -0.497 e. The Bertz CT molecular complexity index is 850. The lowest BCUT2D eigenvalue weighted by Gasteiger charge is -2.30. The number of carbonyl (C=O) groups excluding carboxylic acids is 2. The van der Waals surface area contributed by atoms with E-state index in [0.717, 1.165) is 29.8 Å². The third kappa shape index (κ3) is 5.28. The predicted octanol–water partition coefficient (Wildman–Crippen LogP) is 1.78. The molecule has 2 atom stereocenters. The number of rotatable bonds is 7. The highest BCUT2D eigenvalue weighted by molar-refractivity contribution is 5.89. The number of ether oxygens (including phenoxy) is 1. The SMILES string of the molecule is COc1cccc([C@H](C)N(CC(=O)N[C@@H]2CCCCNC2=O)c2cnn(C)c2)c1. The molecule has 156 valence electrons. The van der Waals surface area contributed by atoms with E-state index in [0.29, 0.717) is 13.0 Å². The van der Waals surface area contributed by atoms with Crippen molar-refractivity contribution in [3.63, 3.8) is 0 Å². The molecule has 0 unspecified atom stereocenters. The van der Waals surface area contributed by atoms with Crippen LogP contribution < -0.4 is 20.3 Å². The van der Waals surface area contributed by atoms with Gasteiger partial charge in [0.25, 0.3) is 0 Å². The Morgan fingerprint density at radius 2 is 2.28 bits per heavy atom. The quantitative estimate of drug-likeness (QED) is 0.741. The number of hydrogen-bond donors (Lipinski definition) is 2. The number of amides is 2. The van der Waals surface area contributed by atoms with Crippen LogP contribution in [0.5, 0.6) is 5.75 Å². The van der Waals surface area contributed by atoms with Crippen molar-refractivity contribution in [3.05, 3.63) is 42.2 Å². The fraction of sp³-hybridized carbons (Fsp3) is 0.476. The molecule has 1 fully saturated rings. The molecule has 8 nitrogen and oxygen atoms in total. The second-order valence-electron chi connectivity index (χ2n) is 7.36. The van der Waals surface area contributed by atoms with E-state index in [9.17, 15) is 9.59 Å². The van der Waals surface area contributed by atoms with Crippen LogP contribution in [-0.4, -0.2) is 47.8 Å². The first-order valence-electron chi connectivity index (χ1n) is 9.94. The maximum absolute atomic E-state index is 12.8. The summed E-state index contributed by atoms with van der Waals surface area (Å²) < 4.78 is 7.05. The molecule has 0 bridgehead atoms. The molecule has 2 amide bonds. The van der Waals surface area contributed by atoms with E-state index in [1.165, 1.54) is 0 Å². The molecule has 1 saturated heterocycles. The van der Waals surface area contributed by atoms with Gasteiger partial charge in [0.1, 0.15) is 11.8 Å². The monoisotopic (exact) mass is 399 g/mol. The average molecular weight is 399 g/mol. The number of methoxy groups -OCH3 is 1. The fourth-order valence-electron chi connectivity index (χ4n) is 3.56. The van der Waals surface area contributed by atoms with Crippen molar-refractivity contribution in [2.75, 3.05) is 25.1 Å². The van der Waals surface area contributed by atoms with Gasteiger partial charge in [0.15, 0.2) is 0 Å². The number of anilines is 1. The van der Waals surface area contributed by atoms with Gasteiger partial charge in [0.2, 0.25) is 11.8 Å². The molecule has 0 spiro atoms. The second-order valence-corrected chi connectivity index (χ2v) is 7.36. The summed E-state index contributed by atoms with van der Waals surface area (Å²) in [7, 11) is 3.47. The van der Waals surface area contributed by atoms with Crippen molar-refractivity contribution in [2.24, 2.45) is 7.05 Å². The lowest BCUT2D eigenvalue weighted by atomic mass is 10.1. The van der Waals surface area contributed by atoms with E-state index in [2.05, 4.69) is 15.7 Å². The van der Waals surface area contributed by atoms with E-state index < -0.39 is 6.04 Å². The van der Waals surface area contributed by atoms with Gasteiger partial charge in [0, 0.05) is 19.8 Å². The Morgan fingerprint density at radius 3 is 3.00 bits per heavy atom. The molecule has 2 N–H and O–H groups in total. The van der Waals surface area contributed by atoms with Crippen molar-refractivity contribution in [3.8, 4) is 5.75 Å². The zero-order chi connectivity index (χ0) is 20.8. The van der Waals surface area contributed by atoms with Crippen LogP contribution in [0, 0.1) is 0 Å². The van der Waals surface area contributed by atoms with E-state index in [-0.39, 0.29) is 24.4 Å². The minimum absolute atomic E-state index is 0.0944. The van der Waals surface area contributed by atoms with Crippen LogP contribution >= 0.6 is 0 Å². The van der Waals surface area contributed by atoms with E-state index >= 15 is 0 Å². The molecule has 2 aromatic rings. The van der Waals surface area contributed by atoms with Crippen molar-refractivity contribution >= 4 is 17.5 Å². The fourth-order valence-corrected chi connectivity index (χ4v) is 3.56. The van der Waals surface area contributed by atoms with Gasteiger partial charge in [-0.25, -0.2) is 0 Å². The van der Waals surface area contributed by atoms with Gasteiger partial charge in [-0.15, -0.1) is 0 Å². The highest BCUT2D eigenvalue weighted by Gasteiger charge is 2.26. The summed E-state index contributed by atoms with van der Waals surface area (Å²) >= 11 is 0. The summed E-state index contributed by atoms with van der Waals surface area (Å²) in [6.07, 6.45) is 6.13. The van der Waals surface area contributed by atoms with Crippen LogP contribution in [-0.2, 0) is 16.6 Å². The Morgan fingerprint density at radius 1 is 1.45 bits per heavy atom. The van der Waals surface area contributed by atoms with E-state index in [1.54, 1.807) is 18.0 Å². The number of nitrogens with one attached hydrogen (secondary N) is 2. The topological polar surface area (TPSA) is 88.5 Å². The molecule has 3 rings (SSSR count). The first kappa shape index (κ1) is 20.7. The smallest absolute Gasteiger partial charge is 0.242 e. The number of carbonyl (C=O) groups is 2. The van der Waals surface area contributed by atoms with Crippen LogP contribution in [0.25, 0.3) is 0 Å². The maximum atomic E-state index is 12.8. The standard InChI is InChI=1S/C21H29N5O3/c1-15(16-7-6-8-18(11-16)29-3)26(17-12-23-25(2)13-17)14-20(27)24-19-9-4-5-10-22-21(19)28/h6-8,11-13,15,19H,4-5,9-10,14H2,1-3H3,(H,22,28)(H,24,27)/t15-,19+/m0/s1. The van der Waals surface area contributed by atoms with Crippen LogP contribution in [0.4, 0.5) is 5.69 Å². The Labute approximate surface area is 171 Å². The van der Waals surface area contributed by atoms with Crippen LogP contribution in [0.15, 0.2) is 36.7 Å². The average Bonchev–Trinajstić information content (AvgIpc) is 3.05. The highest BCUT2D eigenvalue weighted by Crippen LogP contribution is 2.28. The van der Waals surface area contributed by atoms with Crippen molar-refractivity contribution in [1.82, 2.24) is 20.4 Å². The number of benzene rings is 1. The molecular weight excluding hydrogens is 370 g/mol. The van der Waals surface area contributed by atoms with Gasteiger partial charge >= 0.3 is 0 Å². The predicted molar refractivity (Wildman–Crippen MR) is 111 cm³/mol. The first-order chi connectivity index (χ1) is 14.0. The molecule has 1 aromatic carbocycles. The summed E-state index contributed by atoms with van der Waals surface area (Å²) in [5, 5.41) is 10.0. The third-order valence-electron chi connectivity index (χ3n) is 5.25. The van der Waals surface area contributed by atoms with Crippen molar-refractivity contribution in [2.45, 2.75) is 38.3 Å². The molecule has 1 aromatic heterocycles. The number of hydrogen-bond acceptors (Lipinski definition) is 5. The zero-order valence-corrected chi connectivity index (χ0v) is 17.2. The highest BCUT2D eigenvalue weighted by atomic mass is 16.5. The molecule has 0 aliphatic carbocycles. The van der Waals surface area contributed by atoms with Gasteiger partial charge in [-0.05, 0) is 43.9 Å². The Kier molecular flexibility index (Phi) is 6.74. The summed E-state index contributed by atoms with van der Waals surface area (Å²) in [5.41, 5.74) is 1.86. The molecule has 1 aliphatic heterocycles. The van der Waals surface area contributed by atoms with Gasteiger partial charge in [0.05, 0.1) is 31.6 Å². The first-order valence-corrected chi connectivity index (χ1v) is 9.94. The van der Waals surface area contributed by atoms with Crippen molar-refractivity contribution < 1.29 is 14.3 Å². The summed E-state index contributed by atoms with van der Waals surface area (Å²) in [6.45, 7) is 2.82. The van der Waals surface area contributed by atoms with Gasteiger partial charge < -0.3 is 20.3 Å². The van der Waals surface area contributed by atoms with Crippen molar-refractivity contribution in [1.29, 1.82) is 0 Å². The number of nitrogens with zero attached hydrogens (tertiary/aromatic N) is 3. The number of aryl methyl sites for hydroxylation is 1. The second kappa shape index (κ2) is 9.45. The molecule has 8 heteroatoms. The van der Waals surface area contributed by atoms with E-state index in [1.807, 2.05) is 49.3 Å². The molecule has 0 saturated carbocycles. The Hall–Kier alpha value is -3.03. The van der Waals surface area contributed by atoms with Gasteiger partial charge in [-0.2, -0.15) is 5.10 Å². The summed E-state index contributed by atoms with van der Waals surface area (Å²) in [4.78, 5) is 27.0. The minimum atomic E-state index is -0.479. The van der Waals surface area contributed by atoms with Gasteiger partial charge in [-0.3, -0.25) is 14.3 Å². The largest absolute Gasteiger partial charge is 0.497 e. The zero-order valence-electron chi connectivity index (χ0n) is 17.2. The molecule has 2 heterocycles.